The first-order valence-electron chi connectivity index (χ1n) is 7.87. The first kappa shape index (κ1) is 19.4. The molecule has 0 amide bonds. The van der Waals surface area contributed by atoms with Gasteiger partial charge in [-0.15, -0.1) is 0 Å². The van der Waals surface area contributed by atoms with E-state index in [1.54, 1.807) is 6.92 Å². The number of esters is 2. The quantitative estimate of drug-likeness (QED) is 0.237. The van der Waals surface area contributed by atoms with Crippen molar-refractivity contribution in [1.82, 2.24) is 0 Å². The minimum absolute atomic E-state index is 0.238. The third-order valence-electron chi connectivity index (χ3n) is 2.85. The highest BCUT2D eigenvalue weighted by Crippen LogP contribution is 2.07. The predicted molar refractivity (Wildman–Crippen MR) is 83.9 cm³/mol. The van der Waals surface area contributed by atoms with Gasteiger partial charge in [-0.25, -0.2) is 9.59 Å². The fraction of sp³-hybridized carbons (Fsp3) is 0.647. The molecule has 0 aromatic carbocycles. The third kappa shape index (κ3) is 14.6. The number of hydrogen-bond acceptors (Lipinski definition) is 4. The van der Waals surface area contributed by atoms with Crippen LogP contribution >= 0.6 is 0 Å². The van der Waals surface area contributed by atoms with E-state index in [4.69, 9.17) is 4.74 Å². The van der Waals surface area contributed by atoms with E-state index in [2.05, 4.69) is 11.7 Å². The van der Waals surface area contributed by atoms with E-state index in [0.717, 1.165) is 18.6 Å². The molecule has 0 fully saturated rings. The average molecular weight is 296 g/mol. The summed E-state index contributed by atoms with van der Waals surface area (Å²) in [6.45, 7) is 4.45. The highest BCUT2D eigenvalue weighted by molar-refractivity contribution is 5.91. The van der Waals surface area contributed by atoms with Crippen LogP contribution in [0.4, 0.5) is 0 Å². The highest BCUT2D eigenvalue weighted by Gasteiger charge is 1.98. The molecule has 0 aromatic rings. The molecule has 0 aromatic heterocycles. The predicted octanol–water partition coefficient (Wildman–Crippen LogP) is 3.96. The Morgan fingerprint density at radius 2 is 1.43 bits per heavy atom. The highest BCUT2D eigenvalue weighted by atomic mass is 16.5. The van der Waals surface area contributed by atoms with Gasteiger partial charge in [0.25, 0.3) is 0 Å². The molecule has 4 heteroatoms. The molecule has 0 bridgehead atoms. The molecule has 0 saturated carbocycles. The van der Waals surface area contributed by atoms with Gasteiger partial charge >= 0.3 is 11.9 Å². The second-order valence-corrected chi connectivity index (χ2v) is 4.74. The lowest BCUT2D eigenvalue weighted by atomic mass is 10.1. The Labute approximate surface area is 128 Å². The monoisotopic (exact) mass is 296 g/mol. The number of unbranched alkanes of at least 4 members (excludes halogenated alkanes) is 6. The summed E-state index contributed by atoms with van der Waals surface area (Å²) in [6.07, 6.45) is 14.7. The van der Waals surface area contributed by atoms with Gasteiger partial charge in [0.2, 0.25) is 0 Å². The normalized spacial score (nSPS) is 11.1. The van der Waals surface area contributed by atoms with Gasteiger partial charge in [-0.1, -0.05) is 51.2 Å². The summed E-state index contributed by atoms with van der Waals surface area (Å²) in [6, 6.07) is 0. The lowest BCUT2D eigenvalue weighted by Gasteiger charge is -1.98. The van der Waals surface area contributed by atoms with Crippen LogP contribution in [0.2, 0.25) is 0 Å². The molecule has 0 heterocycles. The number of ether oxygens (including phenoxy) is 2. The summed E-state index contributed by atoms with van der Waals surface area (Å²) in [5, 5.41) is 0. The summed E-state index contributed by atoms with van der Waals surface area (Å²) in [5.41, 5.74) is 0. The van der Waals surface area contributed by atoms with E-state index >= 15 is 0 Å². The zero-order valence-corrected chi connectivity index (χ0v) is 13.3. The molecule has 0 aliphatic rings. The molecule has 0 spiro atoms. The maximum Gasteiger partial charge on any atom is 0.331 e. The van der Waals surface area contributed by atoms with Crippen LogP contribution in [0, 0.1) is 0 Å². The lowest BCUT2D eigenvalue weighted by molar-refractivity contribution is -0.139. The van der Waals surface area contributed by atoms with Crippen LogP contribution in [0.25, 0.3) is 0 Å². The molecule has 21 heavy (non-hydrogen) atoms. The first-order chi connectivity index (χ1) is 10.2. The van der Waals surface area contributed by atoms with E-state index in [1.807, 2.05) is 12.2 Å². The van der Waals surface area contributed by atoms with Crippen LogP contribution in [0.5, 0.6) is 0 Å². The largest absolute Gasteiger partial charge is 0.463 e. The number of carbonyl (C=O) groups is 2. The van der Waals surface area contributed by atoms with Gasteiger partial charge in [0.05, 0.1) is 6.61 Å². The summed E-state index contributed by atoms with van der Waals surface area (Å²) < 4.78 is 9.56. The van der Waals surface area contributed by atoms with Crippen molar-refractivity contribution in [2.24, 2.45) is 0 Å². The van der Waals surface area contributed by atoms with E-state index in [-0.39, 0.29) is 6.61 Å². The number of carbonyl (C=O) groups excluding carboxylic acids is 2. The SMILES string of the molecule is CCCCCCCC/C=C/COC(=O)/C=C/C(=O)OCC. The van der Waals surface area contributed by atoms with Crippen LogP contribution in [0.3, 0.4) is 0 Å². The fourth-order valence-corrected chi connectivity index (χ4v) is 1.73. The molecule has 0 rings (SSSR count). The minimum Gasteiger partial charge on any atom is -0.463 e. The molecular weight excluding hydrogens is 268 g/mol. The molecular formula is C17H28O4. The third-order valence-corrected chi connectivity index (χ3v) is 2.85. The van der Waals surface area contributed by atoms with Crippen LogP contribution in [0.1, 0.15) is 58.8 Å². The molecule has 0 saturated heterocycles. The summed E-state index contributed by atoms with van der Waals surface area (Å²) in [4.78, 5) is 22.2. The standard InChI is InChI=1S/C17H28O4/c1-3-5-6-7-8-9-10-11-12-15-21-17(19)14-13-16(18)20-4-2/h11-14H,3-10,15H2,1-2H3/b12-11+,14-13+. The molecule has 0 atom stereocenters. The second kappa shape index (κ2) is 14.8. The summed E-state index contributed by atoms with van der Waals surface area (Å²) in [7, 11) is 0. The van der Waals surface area contributed by atoms with Gasteiger partial charge in [0.1, 0.15) is 6.61 Å². The van der Waals surface area contributed by atoms with Crippen molar-refractivity contribution in [2.45, 2.75) is 58.8 Å². The minimum atomic E-state index is -0.535. The van der Waals surface area contributed by atoms with E-state index < -0.39 is 11.9 Å². The van der Waals surface area contributed by atoms with Crippen molar-refractivity contribution in [1.29, 1.82) is 0 Å². The zero-order valence-electron chi connectivity index (χ0n) is 13.3. The van der Waals surface area contributed by atoms with Crippen molar-refractivity contribution in [3.63, 3.8) is 0 Å². The van der Waals surface area contributed by atoms with Crippen molar-refractivity contribution >= 4 is 11.9 Å². The second-order valence-electron chi connectivity index (χ2n) is 4.74. The Morgan fingerprint density at radius 3 is 2.10 bits per heavy atom. The maximum absolute atomic E-state index is 11.2. The molecule has 0 unspecified atom stereocenters. The van der Waals surface area contributed by atoms with Crippen molar-refractivity contribution in [3.05, 3.63) is 24.3 Å². The smallest absolute Gasteiger partial charge is 0.331 e. The van der Waals surface area contributed by atoms with Gasteiger partial charge in [0, 0.05) is 12.2 Å². The number of hydrogen-bond donors (Lipinski definition) is 0. The van der Waals surface area contributed by atoms with Gasteiger partial charge in [0.15, 0.2) is 0 Å². The van der Waals surface area contributed by atoms with E-state index in [9.17, 15) is 9.59 Å². The average Bonchev–Trinajstić information content (AvgIpc) is 2.47. The first-order valence-corrected chi connectivity index (χ1v) is 7.87. The maximum atomic E-state index is 11.2. The summed E-state index contributed by atoms with van der Waals surface area (Å²) in [5.74, 6) is -1.07. The molecule has 0 radical (unpaired) electrons. The fourth-order valence-electron chi connectivity index (χ4n) is 1.73. The van der Waals surface area contributed by atoms with Gasteiger partial charge in [-0.3, -0.25) is 0 Å². The Morgan fingerprint density at radius 1 is 0.810 bits per heavy atom. The van der Waals surface area contributed by atoms with Crippen molar-refractivity contribution in [3.8, 4) is 0 Å². The Balaban J connectivity index is 3.49. The van der Waals surface area contributed by atoms with Crippen molar-refractivity contribution < 1.29 is 19.1 Å². The van der Waals surface area contributed by atoms with Gasteiger partial charge in [-0.05, 0) is 19.8 Å². The van der Waals surface area contributed by atoms with Crippen LogP contribution in [-0.2, 0) is 19.1 Å². The molecule has 0 aliphatic carbocycles. The summed E-state index contributed by atoms with van der Waals surface area (Å²) >= 11 is 0. The van der Waals surface area contributed by atoms with Gasteiger partial charge in [-0.2, -0.15) is 0 Å². The van der Waals surface area contributed by atoms with Crippen LogP contribution in [-0.4, -0.2) is 25.2 Å². The molecule has 120 valence electrons. The molecule has 0 aliphatic heterocycles. The Kier molecular flexibility index (Phi) is 13.7. The topological polar surface area (TPSA) is 52.6 Å². The van der Waals surface area contributed by atoms with Crippen LogP contribution < -0.4 is 0 Å². The Bertz CT molecular complexity index is 332. The number of rotatable bonds is 12. The Hall–Kier alpha value is -1.58. The van der Waals surface area contributed by atoms with Gasteiger partial charge < -0.3 is 9.47 Å². The van der Waals surface area contributed by atoms with E-state index in [1.165, 1.54) is 38.5 Å². The van der Waals surface area contributed by atoms with E-state index in [0.29, 0.717) is 6.61 Å². The molecule has 4 nitrogen and oxygen atoms in total. The van der Waals surface area contributed by atoms with Crippen LogP contribution in [0.15, 0.2) is 24.3 Å². The molecule has 0 N–H and O–H groups in total. The van der Waals surface area contributed by atoms with Crippen molar-refractivity contribution in [2.75, 3.05) is 13.2 Å². The number of allylic oxidation sites excluding steroid dienone is 1. The lowest BCUT2D eigenvalue weighted by Crippen LogP contribution is -2.04. The zero-order chi connectivity index (χ0) is 15.8.